The van der Waals surface area contributed by atoms with Gasteiger partial charge in [-0.3, -0.25) is 9.97 Å². The van der Waals surface area contributed by atoms with Gasteiger partial charge in [-0.05, 0) is 126 Å². The van der Waals surface area contributed by atoms with Crippen molar-refractivity contribution in [2.24, 2.45) is 0 Å². The molecule has 0 radical (unpaired) electrons. The fourth-order valence-electron chi connectivity index (χ4n) is 11.7. The van der Waals surface area contributed by atoms with Crippen molar-refractivity contribution in [2.75, 3.05) is 0 Å². The molecule has 0 saturated carbocycles. The first-order valence-electron chi connectivity index (χ1n) is 21.6. The molecule has 2 aliphatic rings. The molecule has 292 valence electrons. The van der Waals surface area contributed by atoms with Crippen molar-refractivity contribution in [3.63, 3.8) is 0 Å². The standard InChI is InChI=1S/C58H36N4Si/c1-5-23-49-41(13-1)42-14-2-6-24-50(42)61(49)53-27-11-21-47-48-22-12-28-54(62-51-25-7-3-15-43(51)44-16-4-8-26-52(44)62)58(48)63(57(47)53)55-39(37-29-33-59-34-30-37)17-9-19-45(55)46-20-10-18-40(56(46)63)38-31-35-60-36-32-38/h1-36H. The summed E-state index contributed by atoms with van der Waals surface area (Å²) in [5, 5.41) is 10.7. The highest BCUT2D eigenvalue weighted by atomic mass is 28.3. The summed E-state index contributed by atoms with van der Waals surface area (Å²) < 4.78 is 5.15. The lowest BCUT2D eigenvalue weighted by molar-refractivity contribution is 1.19. The fourth-order valence-corrected chi connectivity index (χ4v) is 18.1. The van der Waals surface area contributed by atoms with Crippen LogP contribution in [0.3, 0.4) is 0 Å². The molecule has 0 amide bonds. The van der Waals surface area contributed by atoms with E-state index in [0.717, 1.165) is 0 Å². The first kappa shape index (κ1) is 34.6. The summed E-state index contributed by atoms with van der Waals surface area (Å²) in [4.78, 5) is 9.06. The van der Waals surface area contributed by atoms with Crippen LogP contribution in [-0.4, -0.2) is 27.2 Å². The Bertz CT molecular complexity index is 3500. The second-order valence-corrected chi connectivity index (χ2v) is 20.3. The first-order valence-corrected chi connectivity index (χ1v) is 23.6. The molecular weight excluding hydrogens is 781 g/mol. The average molecular weight is 817 g/mol. The lowest BCUT2D eigenvalue weighted by Crippen LogP contribution is -2.72. The fraction of sp³-hybridized carbons (Fsp3) is 0. The van der Waals surface area contributed by atoms with E-state index >= 15 is 0 Å². The Balaban J connectivity index is 1.25. The van der Waals surface area contributed by atoms with Crippen molar-refractivity contribution in [2.45, 2.75) is 0 Å². The van der Waals surface area contributed by atoms with Gasteiger partial charge in [0, 0.05) is 57.7 Å². The lowest BCUT2D eigenvalue weighted by atomic mass is 9.97. The van der Waals surface area contributed by atoms with Crippen molar-refractivity contribution >= 4 is 72.4 Å². The van der Waals surface area contributed by atoms with Crippen LogP contribution >= 0.6 is 0 Å². The molecule has 4 nitrogen and oxygen atoms in total. The Hall–Kier alpha value is -8.12. The average Bonchev–Trinajstić information content (AvgIpc) is 4.07. The first-order chi connectivity index (χ1) is 31.3. The summed E-state index contributed by atoms with van der Waals surface area (Å²) in [5.74, 6) is 0. The summed E-state index contributed by atoms with van der Waals surface area (Å²) in [5.41, 5.74) is 17.3. The Labute approximate surface area is 364 Å². The third-order valence-electron chi connectivity index (χ3n) is 13.9. The summed E-state index contributed by atoms with van der Waals surface area (Å²) >= 11 is 0. The smallest absolute Gasteiger partial charge is 0.188 e. The van der Waals surface area contributed by atoms with Gasteiger partial charge in [-0.15, -0.1) is 0 Å². The number of pyridine rings is 2. The van der Waals surface area contributed by atoms with Gasteiger partial charge in [0.15, 0.2) is 8.07 Å². The Morgan fingerprint density at radius 3 is 0.937 bits per heavy atom. The number of fused-ring (bicyclic) bond motifs is 16. The third kappa shape index (κ3) is 4.48. The predicted molar refractivity (Wildman–Crippen MR) is 263 cm³/mol. The Morgan fingerprint density at radius 1 is 0.270 bits per heavy atom. The summed E-state index contributed by atoms with van der Waals surface area (Å²) in [7, 11) is -3.44. The van der Waals surface area contributed by atoms with Gasteiger partial charge >= 0.3 is 0 Å². The minimum atomic E-state index is -3.44. The van der Waals surface area contributed by atoms with Crippen LogP contribution in [0.15, 0.2) is 219 Å². The number of rotatable bonds is 4. The van der Waals surface area contributed by atoms with Crippen LogP contribution in [-0.2, 0) is 0 Å². The van der Waals surface area contributed by atoms with Crippen LogP contribution in [0.5, 0.6) is 0 Å². The van der Waals surface area contributed by atoms with Crippen molar-refractivity contribution in [3.05, 3.63) is 219 Å². The van der Waals surface area contributed by atoms with E-state index in [-0.39, 0.29) is 0 Å². The van der Waals surface area contributed by atoms with Gasteiger partial charge in [0.2, 0.25) is 0 Å². The molecule has 0 N–H and O–H groups in total. The quantitative estimate of drug-likeness (QED) is 0.166. The van der Waals surface area contributed by atoms with E-state index in [4.69, 9.17) is 0 Å². The van der Waals surface area contributed by atoms with E-state index in [9.17, 15) is 0 Å². The minimum Gasteiger partial charge on any atom is -0.309 e. The van der Waals surface area contributed by atoms with Crippen LogP contribution in [0, 0.1) is 0 Å². The second-order valence-electron chi connectivity index (χ2n) is 16.8. The molecule has 8 aromatic carbocycles. The number of aromatic nitrogens is 4. The van der Waals surface area contributed by atoms with Crippen molar-refractivity contribution in [1.29, 1.82) is 0 Å². The lowest BCUT2D eigenvalue weighted by Gasteiger charge is -2.34. The van der Waals surface area contributed by atoms with E-state index in [0.29, 0.717) is 0 Å². The van der Waals surface area contributed by atoms with Gasteiger partial charge < -0.3 is 9.13 Å². The molecule has 5 heteroatoms. The van der Waals surface area contributed by atoms with E-state index in [1.165, 1.54) is 120 Å². The highest BCUT2D eigenvalue weighted by Crippen LogP contribution is 2.45. The molecule has 0 saturated heterocycles. The van der Waals surface area contributed by atoms with Gasteiger partial charge in [-0.1, -0.05) is 133 Å². The Morgan fingerprint density at radius 2 is 0.571 bits per heavy atom. The van der Waals surface area contributed by atoms with E-state index in [1.807, 2.05) is 24.8 Å². The topological polar surface area (TPSA) is 35.6 Å². The zero-order chi connectivity index (χ0) is 41.2. The molecule has 0 bridgehead atoms. The van der Waals surface area contributed by atoms with Crippen LogP contribution in [0.4, 0.5) is 0 Å². The van der Waals surface area contributed by atoms with Crippen molar-refractivity contribution < 1.29 is 0 Å². The molecule has 0 aliphatic carbocycles. The molecule has 0 fully saturated rings. The number of para-hydroxylation sites is 4. The molecular formula is C58H36N4Si. The van der Waals surface area contributed by atoms with Gasteiger partial charge in [0.05, 0.1) is 22.1 Å². The maximum Gasteiger partial charge on any atom is 0.188 e. The normalized spacial score (nSPS) is 13.2. The molecule has 12 aromatic rings. The molecule has 4 aromatic heterocycles. The molecule has 14 rings (SSSR count). The van der Waals surface area contributed by atoms with Gasteiger partial charge in [0.1, 0.15) is 0 Å². The molecule has 6 heterocycles. The van der Waals surface area contributed by atoms with Crippen LogP contribution < -0.4 is 20.7 Å². The number of hydrogen-bond acceptors (Lipinski definition) is 2. The molecule has 0 atom stereocenters. The highest BCUT2D eigenvalue weighted by molar-refractivity contribution is 7.26. The van der Waals surface area contributed by atoms with Gasteiger partial charge in [-0.25, -0.2) is 0 Å². The molecule has 2 aliphatic heterocycles. The van der Waals surface area contributed by atoms with E-state index in [2.05, 4.69) is 213 Å². The molecule has 1 spiro atoms. The zero-order valence-corrected chi connectivity index (χ0v) is 35.1. The van der Waals surface area contributed by atoms with Gasteiger partial charge in [-0.2, -0.15) is 0 Å². The largest absolute Gasteiger partial charge is 0.309 e. The minimum absolute atomic E-state index is 1.17. The monoisotopic (exact) mass is 816 g/mol. The summed E-state index contributed by atoms with van der Waals surface area (Å²) in [6.07, 6.45) is 7.77. The summed E-state index contributed by atoms with van der Waals surface area (Å²) in [6, 6.07) is 72.8. The molecule has 63 heavy (non-hydrogen) atoms. The third-order valence-corrected chi connectivity index (χ3v) is 19.0. The Kier molecular flexibility index (Phi) is 7.10. The second kappa shape index (κ2) is 12.9. The predicted octanol–water partition coefficient (Wildman–Crippen LogP) is 11.3. The van der Waals surface area contributed by atoms with Crippen LogP contribution in [0.2, 0.25) is 0 Å². The maximum atomic E-state index is 4.53. The van der Waals surface area contributed by atoms with Crippen LogP contribution in [0.1, 0.15) is 0 Å². The van der Waals surface area contributed by atoms with E-state index in [1.54, 1.807) is 0 Å². The van der Waals surface area contributed by atoms with E-state index < -0.39 is 8.07 Å². The highest BCUT2D eigenvalue weighted by Gasteiger charge is 2.59. The zero-order valence-electron chi connectivity index (χ0n) is 34.1. The maximum absolute atomic E-state index is 4.53. The summed E-state index contributed by atoms with van der Waals surface area (Å²) in [6.45, 7) is 0. The van der Waals surface area contributed by atoms with Crippen molar-refractivity contribution in [1.82, 2.24) is 19.1 Å². The molecule has 0 unspecified atom stereocenters. The number of hydrogen-bond donors (Lipinski definition) is 0. The van der Waals surface area contributed by atoms with Crippen LogP contribution in [0.25, 0.3) is 99.5 Å². The number of nitrogens with zero attached hydrogens (tertiary/aromatic N) is 4. The van der Waals surface area contributed by atoms with Crippen molar-refractivity contribution in [3.8, 4) is 55.9 Å². The van der Waals surface area contributed by atoms with Gasteiger partial charge in [0.25, 0.3) is 0 Å². The SMILES string of the molecule is c1cc(-c2ccncc2)c2c(c1)-c1cccc(-c3ccncc3)c1[Si]21c2c(cccc2-n2c3ccccc3c3ccccc32)-c2cccc(-n3c4ccccc4c4ccccc43)c21. The number of benzene rings is 8.